The number of carbonyl (C=O) groups is 1. The van der Waals surface area contributed by atoms with Crippen LogP contribution < -0.4 is 0 Å². The average Bonchev–Trinajstić information content (AvgIpc) is 2.92. The fourth-order valence-corrected chi connectivity index (χ4v) is 7.22. The maximum Gasteiger partial charge on any atom is 0.155 e. The van der Waals surface area contributed by atoms with Crippen LogP contribution in [-0.2, 0) is 4.79 Å². The molecule has 0 spiro atoms. The first-order valence-electron chi connectivity index (χ1n) is 10.9. The Labute approximate surface area is 154 Å². The number of ketones is 1. The predicted octanol–water partition coefficient (Wildman–Crippen LogP) is 6.63. The van der Waals surface area contributed by atoms with E-state index in [1.807, 2.05) is 6.08 Å². The third-order valence-electron chi connectivity index (χ3n) is 8.76. The van der Waals surface area contributed by atoms with E-state index in [4.69, 9.17) is 0 Å². The molecule has 0 bridgehead atoms. The quantitative estimate of drug-likeness (QED) is 0.416. The van der Waals surface area contributed by atoms with E-state index in [-0.39, 0.29) is 0 Å². The first-order valence-corrected chi connectivity index (χ1v) is 10.9. The normalized spacial score (nSPS) is 44.9. The van der Waals surface area contributed by atoms with E-state index in [0.717, 1.165) is 30.6 Å². The molecule has 0 unspecified atom stereocenters. The van der Waals surface area contributed by atoms with Gasteiger partial charge in [-0.15, -0.1) is 0 Å². The summed E-state index contributed by atoms with van der Waals surface area (Å²) in [7, 11) is 0. The van der Waals surface area contributed by atoms with E-state index in [0.29, 0.717) is 16.6 Å². The smallest absolute Gasteiger partial charge is 0.155 e. The molecule has 0 aliphatic heterocycles. The molecule has 0 heterocycles. The second-order valence-electron chi connectivity index (χ2n) is 9.84. The highest BCUT2D eigenvalue weighted by Crippen LogP contribution is 2.66. The second-order valence-corrected chi connectivity index (χ2v) is 9.84. The molecule has 3 saturated carbocycles. The van der Waals surface area contributed by atoms with E-state index in [1.54, 1.807) is 5.57 Å². The van der Waals surface area contributed by atoms with Gasteiger partial charge in [-0.25, -0.2) is 0 Å². The summed E-state index contributed by atoms with van der Waals surface area (Å²) >= 11 is 0. The van der Waals surface area contributed by atoms with Crippen molar-refractivity contribution in [3.05, 3.63) is 23.3 Å². The highest BCUT2D eigenvalue weighted by atomic mass is 16.1. The van der Waals surface area contributed by atoms with Crippen molar-refractivity contribution in [3.8, 4) is 0 Å². The zero-order chi connectivity index (χ0) is 17.7. The van der Waals surface area contributed by atoms with Gasteiger partial charge in [0.2, 0.25) is 0 Å². The standard InChI is InChI=1S/C24H36O/c1-4-5-6-7-17-9-11-21-20-10-8-18-16-19(25)12-14-24(18,3)22(20)13-15-23(17,21)2/h7,16,20-22H,4-6,8-15H2,1-3H3/t20-,21-,22-,23+,24-/m0/s1. The Morgan fingerprint density at radius 1 is 1.04 bits per heavy atom. The Morgan fingerprint density at radius 2 is 1.84 bits per heavy atom. The molecule has 1 nitrogen and oxygen atoms in total. The first kappa shape index (κ1) is 17.6. The number of fused-ring (bicyclic) bond motifs is 5. The molecule has 1 heteroatoms. The SMILES string of the molecule is CCCCC=C1CC[C@H]2[C@@H]3CCC4=CC(=O)CC[C@]4(C)[C@H]3CC[C@]12C. The van der Waals surface area contributed by atoms with E-state index < -0.39 is 0 Å². The van der Waals surface area contributed by atoms with Crippen molar-refractivity contribution in [3.63, 3.8) is 0 Å². The molecule has 0 aromatic carbocycles. The first-order chi connectivity index (χ1) is 12.0. The topological polar surface area (TPSA) is 17.1 Å². The van der Waals surface area contributed by atoms with Crippen molar-refractivity contribution >= 4 is 5.78 Å². The van der Waals surface area contributed by atoms with Crippen LogP contribution in [0.3, 0.4) is 0 Å². The van der Waals surface area contributed by atoms with Crippen molar-refractivity contribution in [2.45, 2.75) is 91.4 Å². The summed E-state index contributed by atoms with van der Waals surface area (Å²) in [6.07, 6.45) is 18.6. The zero-order valence-electron chi connectivity index (χ0n) is 16.6. The molecular formula is C24H36O. The number of hydrogen-bond acceptors (Lipinski definition) is 1. The summed E-state index contributed by atoms with van der Waals surface area (Å²) in [6.45, 7) is 7.39. The van der Waals surface area contributed by atoms with Crippen LogP contribution >= 0.6 is 0 Å². The van der Waals surface area contributed by atoms with Gasteiger partial charge in [0.1, 0.15) is 0 Å². The Bertz CT molecular complexity index is 612. The van der Waals surface area contributed by atoms with Crippen molar-refractivity contribution in [1.82, 2.24) is 0 Å². The molecule has 0 aromatic rings. The number of hydrogen-bond donors (Lipinski definition) is 0. The minimum absolute atomic E-state index is 0.326. The lowest BCUT2D eigenvalue weighted by atomic mass is 9.47. The van der Waals surface area contributed by atoms with Crippen LogP contribution in [0.25, 0.3) is 0 Å². The van der Waals surface area contributed by atoms with E-state index >= 15 is 0 Å². The molecular weight excluding hydrogens is 304 g/mol. The van der Waals surface area contributed by atoms with Gasteiger partial charge in [0.05, 0.1) is 0 Å². The summed E-state index contributed by atoms with van der Waals surface area (Å²) in [6, 6.07) is 0. The summed E-state index contributed by atoms with van der Waals surface area (Å²) in [5.74, 6) is 3.00. The maximum atomic E-state index is 11.9. The van der Waals surface area contributed by atoms with Gasteiger partial charge in [-0.05, 0) is 86.0 Å². The van der Waals surface area contributed by atoms with Gasteiger partial charge < -0.3 is 0 Å². The van der Waals surface area contributed by atoms with Crippen LogP contribution in [-0.4, -0.2) is 5.78 Å². The molecule has 5 atom stereocenters. The highest BCUT2D eigenvalue weighted by molar-refractivity contribution is 5.91. The molecule has 0 aromatic heterocycles. The molecule has 0 amide bonds. The predicted molar refractivity (Wildman–Crippen MR) is 104 cm³/mol. The Balaban J connectivity index is 1.59. The van der Waals surface area contributed by atoms with Crippen LogP contribution in [0.4, 0.5) is 0 Å². The molecule has 4 aliphatic carbocycles. The molecule has 4 rings (SSSR count). The minimum atomic E-state index is 0.326. The molecule has 25 heavy (non-hydrogen) atoms. The van der Waals surface area contributed by atoms with Crippen LogP contribution in [0.15, 0.2) is 23.3 Å². The van der Waals surface area contributed by atoms with Gasteiger partial charge in [0.25, 0.3) is 0 Å². The van der Waals surface area contributed by atoms with Crippen molar-refractivity contribution < 1.29 is 4.79 Å². The Kier molecular flexibility index (Phi) is 4.49. The Hall–Kier alpha value is -0.850. The van der Waals surface area contributed by atoms with Gasteiger partial charge in [0, 0.05) is 6.42 Å². The monoisotopic (exact) mass is 340 g/mol. The average molecular weight is 341 g/mol. The molecule has 0 radical (unpaired) electrons. The van der Waals surface area contributed by atoms with Crippen LogP contribution in [0.5, 0.6) is 0 Å². The van der Waals surface area contributed by atoms with E-state index in [9.17, 15) is 4.79 Å². The van der Waals surface area contributed by atoms with Gasteiger partial charge in [-0.3, -0.25) is 4.79 Å². The number of carbonyl (C=O) groups excluding carboxylic acids is 1. The third kappa shape index (κ3) is 2.68. The molecule has 3 fully saturated rings. The lowest BCUT2D eigenvalue weighted by molar-refractivity contribution is -0.117. The largest absolute Gasteiger partial charge is 0.295 e. The molecule has 138 valence electrons. The van der Waals surface area contributed by atoms with Gasteiger partial charge in [0.15, 0.2) is 5.78 Å². The summed E-state index contributed by atoms with van der Waals surface area (Å²) in [5, 5.41) is 0. The van der Waals surface area contributed by atoms with Crippen LogP contribution in [0.1, 0.15) is 91.4 Å². The van der Waals surface area contributed by atoms with Crippen LogP contribution in [0.2, 0.25) is 0 Å². The molecule has 0 N–H and O–H groups in total. The highest BCUT2D eigenvalue weighted by Gasteiger charge is 2.57. The number of rotatable bonds is 3. The fraction of sp³-hybridized carbons (Fsp3) is 0.792. The summed E-state index contributed by atoms with van der Waals surface area (Å²) in [4.78, 5) is 11.9. The van der Waals surface area contributed by atoms with Crippen LogP contribution in [0, 0.1) is 28.6 Å². The van der Waals surface area contributed by atoms with Gasteiger partial charge in [-0.1, -0.05) is 50.8 Å². The maximum absolute atomic E-state index is 11.9. The fourth-order valence-electron chi connectivity index (χ4n) is 7.22. The van der Waals surface area contributed by atoms with E-state index in [2.05, 4.69) is 26.8 Å². The zero-order valence-corrected chi connectivity index (χ0v) is 16.6. The summed E-state index contributed by atoms with van der Waals surface area (Å²) < 4.78 is 0. The minimum Gasteiger partial charge on any atom is -0.295 e. The number of unbranched alkanes of at least 4 members (excludes halogenated alkanes) is 2. The van der Waals surface area contributed by atoms with E-state index in [1.165, 1.54) is 63.4 Å². The van der Waals surface area contributed by atoms with Crippen molar-refractivity contribution in [2.24, 2.45) is 28.6 Å². The number of allylic oxidation sites excluding steroid dienone is 3. The second kappa shape index (κ2) is 6.39. The lowest BCUT2D eigenvalue weighted by Gasteiger charge is -2.57. The Morgan fingerprint density at radius 3 is 2.64 bits per heavy atom. The third-order valence-corrected chi connectivity index (χ3v) is 8.76. The van der Waals surface area contributed by atoms with Crippen molar-refractivity contribution in [2.75, 3.05) is 0 Å². The van der Waals surface area contributed by atoms with Gasteiger partial charge >= 0.3 is 0 Å². The summed E-state index contributed by atoms with van der Waals surface area (Å²) in [5.41, 5.74) is 4.11. The lowest BCUT2D eigenvalue weighted by Crippen LogP contribution is -2.49. The molecule has 4 aliphatic rings. The van der Waals surface area contributed by atoms with Crippen molar-refractivity contribution in [1.29, 1.82) is 0 Å². The van der Waals surface area contributed by atoms with Gasteiger partial charge in [-0.2, -0.15) is 0 Å². The molecule has 0 saturated heterocycles.